The Bertz CT molecular complexity index is 466. The fraction of sp³-hybridized carbons (Fsp3) is 0.167. The van der Waals surface area contributed by atoms with E-state index in [0.29, 0.717) is 12.8 Å². The third-order valence-electron chi connectivity index (χ3n) is 2.27. The van der Waals surface area contributed by atoms with E-state index in [-0.39, 0.29) is 5.78 Å². The van der Waals surface area contributed by atoms with Gasteiger partial charge in [0.1, 0.15) is 5.82 Å². The third kappa shape index (κ3) is 2.13. The van der Waals surface area contributed by atoms with Crippen LogP contribution < -0.4 is 0 Å². The van der Waals surface area contributed by atoms with E-state index in [2.05, 4.69) is 16.5 Å². The van der Waals surface area contributed by atoms with Crippen LogP contribution in [0.5, 0.6) is 0 Å². The molecule has 76 valence electrons. The molecule has 0 fully saturated rings. The van der Waals surface area contributed by atoms with E-state index in [1.165, 1.54) is 6.08 Å². The Morgan fingerprint density at radius 1 is 1.47 bits per heavy atom. The highest BCUT2D eigenvalue weighted by Gasteiger charge is 2.03. The first-order valence-corrected chi connectivity index (χ1v) is 4.88. The van der Waals surface area contributed by atoms with Crippen molar-refractivity contribution in [2.24, 2.45) is 0 Å². The predicted octanol–water partition coefficient (Wildman–Crippen LogP) is 2.25. The summed E-state index contributed by atoms with van der Waals surface area (Å²) in [6.07, 6.45) is 2.45. The van der Waals surface area contributed by atoms with Crippen molar-refractivity contribution in [1.82, 2.24) is 9.97 Å². The predicted molar refractivity (Wildman–Crippen MR) is 59.6 cm³/mol. The number of hydrogen-bond donors (Lipinski definition) is 1. The van der Waals surface area contributed by atoms with Crippen molar-refractivity contribution in [3.63, 3.8) is 0 Å². The zero-order valence-corrected chi connectivity index (χ0v) is 8.36. The van der Waals surface area contributed by atoms with Crippen molar-refractivity contribution < 1.29 is 4.79 Å². The van der Waals surface area contributed by atoms with Gasteiger partial charge >= 0.3 is 0 Å². The van der Waals surface area contributed by atoms with Gasteiger partial charge in [0.05, 0.1) is 11.0 Å². The number of aryl methyl sites for hydroxylation is 1. The summed E-state index contributed by atoms with van der Waals surface area (Å²) < 4.78 is 0. The SMILES string of the molecule is C=CC(=O)CCc1nc2ccccc2[nH]1. The number of hydrogen-bond acceptors (Lipinski definition) is 2. The number of nitrogens with zero attached hydrogens (tertiary/aromatic N) is 1. The summed E-state index contributed by atoms with van der Waals surface area (Å²) in [4.78, 5) is 18.6. The second kappa shape index (κ2) is 4.09. The maximum absolute atomic E-state index is 11.0. The molecule has 0 aliphatic heterocycles. The lowest BCUT2D eigenvalue weighted by atomic mass is 10.2. The number of carbonyl (C=O) groups is 1. The Labute approximate surface area is 87.8 Å². The van der Waals surface area contributed by atoms with E-state index in [9.17, 15) is 4.79 Å². The zero-order valence-electron chi connectivity index (χ0n) is 8.36. The molecule has 1 aromatic heterocycles. The molecule has 0 amide bonds. The summed E-state index contributed by atoms with van der Waals surface area (Å²) >= 11 is 0. The summed E-state index contributed by atoms with van der Waals surface area (Å²) in [5.41, 5.74) is 1.96. The highest BCUT2D eigenvalue weighted by atomic mass is 16.1. The van der Waals surface area contributed by atoms with Crippen molar-refractivity contribution in [2.75, 3.05) is 0 Å². The van der Waals surface area contributed by atoms with E-state index in [4.69, 9.17) is 0 Å². The Morgan fingerprint density at radius 2 is 2.27 bits per heavy atom. The lowest BCUT2D eigenvalue weighted by Gasteiger charge is -1.91. The fourth-order valence-electron chi connectivity index (χ4n) is 1.47. The lowest BCUT2D eigenvalue weighted by molar-refractivity contribution is -0.114. The van der Waals surface area contributed by atoms with Crippen LogP contribution in [0.3, 0.4) is 0 Å². The lowest BCUT2D eigenvalue weighted by Crippen LogP contribution is -1.96. The third-order valence-corrected chi connectivity index (χ3v) is 2.27. The van der Waals surface area contributed by atoms with E-state index in [1.807, 2.05) is 24.3 Å². The highest BCUT2D eigenvalue weighted by molar-refractivity contribution is 5.89. The smallest absolute Gasteiger partial charge is 0.155 e. The second-order valence-electron chi connectivity index (χ2n) is 3.37. The number of imidazole rings is 1. The molecule has 1 aromatic carbocycles. The summed E-state index contributed by atoms with van der Waals surface area (Å²) in [6.45, 7) is 3.44. The molecular weight excluding hydrogens is 188 g/mol. The Balaban J connectivity index is 2.15. The minimum absolute atomic E-state index is 0.0513. The number of carbonyl (C=O) groups excluding carboxylic acids is 1. The van der Waals surface area contributed by atoms with Crippen molar-refractivity contribution in [3.8, 4) is 0 Å². The summed E-state index contributed by atoms with van der Waals surface area (Å²) in [5.74, 6) is 0.904. The molecule has 0 aliphatic carbocycles. The van der Waals surface area contributed by atoms with Crippen LogP contribution in [0.4, 0.5) is 0 Å². The molecule has 2 aromatic rings. The topological polar surface area (TPSA) is 45.8 Å². The number of aromatic amines is 1. The van der Waals surface area contributed by atoms with Crippen LogP contribution in [-0.4, -0.2) is 15.8 Å². The minimum Gasteiger partial charge on any atom is -0.342 e. The molecule has 0 bridgehead atoms. The number of fused-ring (bicyclic) bond motifs is 1. The number of aromatic nitrogens is 2. The van der Waals surface area contributed by atoms with E-state index in [1.54, 1.807) is 0 Å². The van der Waals surface area contributed by atoms with E-state index >= 15 is 0 Å². The number of rotatable bonds is 4. The molecule has 0 saturated carbocycles. The van der Waals surface area contributed by atoms with E-state index < -0.39 is 0 Å². The number of ketones is 1. The maximum Gasteiger partial charge on any atom is 0.155 e. The Hall–Kier alpha value is -1.90. The van der Waals surface area contributed by atoms with Crippen molar-refractivity contribution in [2.45, 2.75) is 12.8 Å². The molecule has 0 radical (unpaired) electrons. The van der Waals surface area contributed by atoms with Gasteiger partial charge < -0.3 is 4.98 Å². The van der Waals surface area contributed by atoms with Crippen molar-refractivity contribution >= 4 is 16.8 Å². The maximum atomic E-state index is 11.0. The first kappa shape index (κ1) is 9.65. The molecule has 1 N–H and O–H groups in total. The molecule has 3 nitrogen and oxygen atoms in total. The zero-order chi connectivity index (χ0) is 10.7. The van der Waals surface area contributed by atoms with Crippen molar-refractivity contribution in [3.05, 3.63) is 42.7 Å². The number of benzene rings is 1. The van der Waals surface area contributed by atoms with Gasteiger partial charge in [0.15, 0.2) is 5.78 Å². The van der Waals surface area contributed by atoms with Gasteiger partial charge in [-0.15, -0.1) is 0 Å². The molecule has 0 saturated heterocycles. The number of nitrogens with one attached hydrogen (secondary N) is 1. The molecular formula is C12H12N2O. The van der Waals surface area contributed by atoms with Gasteiger partial charge in [-0.3, -0.25) is 4.79 Å². The highest BCUT2D eigenvalue weighted by Crippen LogP contribution is 2.11. The van der Waals surface area contributed by atoms with Gasteiger partial charge in [-0.05, 0) is 18.2 Å². The van der Waals surface area contributed by atoms with Gasteiger partial charge in [-0.1, -0.05) is 18.7 Å². The quantitative estimate of drug-likeness (QED) is 0.769. The fourth-order valence-corrected chi connectivity index (χ4v) is 1.47. The molecule has 2 rings (SSSR count). The average molecular weight is 200 g/mol. The molecule has 0 unspecified atom stereocenters. The average Bonchev–Trinajstić information content (AvgIpc) is 2.68. The molecule has 15 heavy (non-hydrogen) atoms. The second-order valence-corrected chi connectivity index (χ2v) is 3.37. The molecule has 1 heterocycles. The van der Waals surface area contributed by atoms with Crippen LogP contribution in [0.15, 0.2) is 36.9 Å². The van der Waals surface area contributed by atoms with Gasteiger partial charge in [-0.25, -0.2) is 4.98 Å². The summed E-state index contributed by atoms with van der Waals surface area (Å²) in [6, 6.07) is 7.83. The van der Waals surface area contributed by atoms with Crippen LogP contribution in [0.25, 0.3) is 11.0 Å². The van der Waals surface area contributed by atoms with Crippen LogP contribution in [0.2, 0.25) is 0 Å². The Kier molecular flexibility index (Phi) is 2.63. The first-order chi connectivity index (χ1) is 7.29. The molecule has 0 atom stereocenters. The molecule has 3 heteroatoms. The normalized spacial score (nSPS) is 10.4. The van der Waals surface area contributed by atoms with Crippen LogP contribution >= 0.6 is 0 Å². The number of para-hydroxylation sites is 2. The van der Waals surface area contributed by atoms with Crippen molar-refractivity contribution in [1.29, 1.82) is 0 Å². The number of allylic oxidation sites excluding steroid dienone is 1. The van der Waals surface area contributed by atoms with Crippen LogP contribution in [0.1, 0.15) is 12.2 Å². The van der Waals surface area contributed by atoms with E-state index in [0.717, 1.165) is 16.9 Å². The summed E-state index contributed by atoms with van der Waals surface area (Å²) in [7, 11) is 0. The molecule has 0 spiro atoms. The van der Waals surface area contributed by atoms with Gasteiger partial charge in [-0.2, -0.15) is 0 Å². The monoisotopic (exact) mass is 200 g/mol. The first-order valence-electron chi connectivity index (χ1n) is 4.88. The number of H-pyrrole nitrogens is 1. The molecule has 0 aliphatic rings. The van der Waals surface area contributed by atoms with Crippen LogP contribution in [-0.2, 0) is 11.2 Å². The Morgan fingerprint density at radius 3 is 3.00 bits per heavy atom. The minimum atomic E-state index is 0.0513. The standard InChI is InChI=1S/C12H12N2O/c1-2-9(15)7-8-12-13-10-5-3-4-6-11(10)14-12/h2-6H,1,7-8H2,(H,13,14). The summed E-state index contributed by atoms with van der Waals surface area (Å²) in [5, 5.41) is 0. The van der Waals surface area contributed by atoms with Crippen LogP contribution in [0, 0.1) is 0 Å². The van der Waals surface area contributed by atoms with Gasteiger partial charge in [0, 0.05) is 12.8 Å². The van der Waals surface area contributed by atoms with Gasteiger partial charge in [0.2, 0.25) is 0 Å². The van der Waals surface area contributed by atoms with Gasteiger partial charge in [0.25, 0.3) is 0 Å². The largest absolute Gasteiger partial charge is 0.342 e.